The summed E-state index contributed by atoms with van der Waals surface area (Å²) in [5, 5.41) is 3.58. The molecule has 82 valence electrons. The van der Waals surface area contributed by atoms with E-state index in [9.17, 15) is 0 Å². The average Bonchev–Trinajstić information content (AvgIpc) is 2.63. The third kappa shape index (κ3) is 2.94. The lowest BCUT2D eigenvalue weighted by Gasteiger charge is -2.24. The van der Waals surface area contributed by atoms with E-state index in [1.807, 2.05) is 0 Å². The van der Waals surface area contributed by atoms with Gasteiger partial charge in [-0.3, -0.25) is 0 Å². The van der Waals surface area contributed by atoms with Gasteiger partial charge in [0.2, 0.25) is 0 Å². The molecule has 0 amide bonds. The van der Waals surface area contributed by atoms with Crippen molar-refractivity contribution in [2.24, 2.45) is 5.73 Å². The fourth-order valence-corrected chi connectivity index (χ4v) is 2.47. The molecule has 3 atom stereocenters. The Labute approximate surface area is 86.4 Å². The molecule has 1 aliphatic heterocycles. The third-order valence-corrected chi connectivity index (χ3v) is 3.38. The van der Waals surface area contributed by atoms with Crippen molar-refractivity contribution in [3.05, 3.63) is 0 Å². The molecule has 0 radical (unpaired) electrons. The second-order valence-corrected chi connectivity index (χ2v) is 4.67. The quantitative estimate of drug-likeness (QED) is 0.712. The van der Waals surface area contributed by atoms with Gasteiger partial charge in [-0.25, -0.2) is 0 Å². The molecular formula is C11H22N2O. The number of hydrogen-bond acceptors (Lipinski definition) is 3. The molecule has 0 aromatic heterocycles. The summed E-state index contributed by atoms with van der Waals surface area (Å²) in [5.74, 6) is 0. The van der Waals surface area contributed by atoms with E-state index in [2.05, 4.69) is 5.32 Å². The highest BCUT2D eigenvalue weighted by atomic mass is 16.5. The normalized spacial score (nSPS) is 38.8. The maximum absolute atomic E-state index is 5.86. The lowest BCUT2D eigenvalue weighted by atomic mass is 10.1. The van der Waals surface area contributed by atoms with E-state index in [-0.39, 0.29) is 0 Å². The molecular weight excluding hydrogens is 176 g/mol. The first-order chi connectivity index (χ1) is 6.84. The molecule has 14 heavy (non-hydrogen) atoms. The summed E-state index contributed by atoms with van der Waals surface area (Å²) in [4.78, 5) is 0. The number of nitrogens with one attached hydrogen (secondary N) is 1. The highest BCUT2D eigenvalue weighted by Crippen LogP contribution is 2.18. The molecule has 1 aliphatic carbocycles. The van der Waals surface area contributed by atoms with E-state index in [0.717, 1.165) is 19.6 Å². The second kappa shape index (κ2) is 5.10. The van der Waals surface area contributed by atoms with E-state index in [0.29, 0.717) is 18.2 Å². The molecule has 2 rings (SSSR count). The standard InChI is InChI=1S/C11H22N2O/c12-9-4-5-10(7-9)13-8-11-3-1-2-6-14-11/h9-11,13H,1-8,12H2. The zero-order valence-electron chi connectivity index (χ0n) is 8.87. The van der Waals surface area contributed by atoms with E-state index in [1.54, 1.807) is 0 Å². The van der Waals surface area contributed by atoms with Gasteiger partial charge in [0, 0.05) is 25.2 Å². The Hall–Kier alpha value is -0.120. The molecule has 3 nitrogen and oxygen atoms in total. The molecule has 2 fully saturated rings. The largest absolute Gasteiger partial charge is 0.377 e. The van der Waals surface area contributed by atoms with Gasteiger partial charge in [0.1, 0.15) is 0 Å². The van der Waals surface area contributed by atoms with Crippen LogP contribution in [0.2, 0.25) is 0 Å². The van der Waals surface area contributed by atoms with Crippen molar-refractivity contribution < 1.29 is 4.74 Å². The molecule has 1 heterocycles. The summed E-state index contributed by atoms with van der Waals surface area (Å²) in [6.45, 7) is 1.98. The number of rotatable bonds is 3. The van der Waals surface area contributed by atoms with Crippen LogP contribution in [0, 0.1) is 0 Å². The van der Waals surface area contributed by atoms with Crippen molar-refractivity contribution in [1.29, 1.82) is 0 Å². The van der Waals surface area contributed by atoms with Crippen LogP contribution in [0.3, 0.4) is 0 Å². The van der Waals surface area contributed by atoms with Crippen molar-refractivity contribution in [2.75, 3.05) is 13.2 Å². The van der Waals surface area contributed by atoms with Gasteiger partial charge in [-0.15, -0.1) is 0 Å². The van der Waals surface area contributed by atoms with Gasteiger partial charge in [-0.05, 0) is 38.5 Å². The zero-order valence-corrected chi connectivity index (χ0v) is 8.87. The van der Waals surface area contributed by atoms with Crippen molar-refractivity contribution in [1.82, 2.24) is 5.32 Å². The Bertz CT molecular complexity index is 164. The zero-order chi connectivity index (χ0) is 9.80. The highest BCUT2D eigenvalue weighted by Gasteiger charge is 2.22. The van der Waals surface area contributed by atoms with Crippen LogP contribution < -0.4 is 11.1 Å². The summed E-state index contributed by atoms with van der Waals surface area (Å²) in [7, 11) is 0. The van der Waals surface area contributed by atoms with Gasteiger partial charge in [0.25, 0.3) is 0 Å². The smallest absolute Gasteiger partial charge is 0.0699 e. The average molecular weight is 198 g/mol. The Morgan fingerprint density at radius 2 is 2.14 bits per heavy atom. The SMILES string of the molecule is NC1CCC(NCC2CCCCO2)C1. The molecule has 0 spiro atoms. The first kappa shape index (κ1) is 10.4. The van der Waals surface area contributed by atoms with E-state index >= 15 is 0 Å². The Balaban J connectivity index is 1.61. The van der Waals surface area contributed by atoms with Crippen LogP contribution in [-0.2, 0) is 4.74 Å². The van der Waals surface area contributed by atoms with Crippen molar-refractivity contribution in [3.8, 4) is 0 Å². The van der Waals surface area contributed by atoms with E-state index in [1.165, 1.54) is 32.1 Å². The van der Waals surface area contributed by atoms with Crippen LogP contribution in [0.15, 0.2) is 0 Å². The first-order valence-corrected chi connectivity index (χ1v) is 5.95. The third-order valence-electron chi connectivity index (χ3n) is 3.38. The second-order valence-electron chi connectivity index (χ2n) is 4.67. The van der Waals surface area contributed by atoms with E-state index in [4.69, 9.17) is 10.5 Å². The molecule has 1 saturated carbocycles. The molecule has 3 unspecified atom stereocenters. The lowest BCUT2D eigenvalue weighted by Crippen LogP contribution is -2.37. The number of ether oxygens (including phenoxy) is 1. The fourth-order valence-electron chi connectivity index (χ4n) is 2.47. The van der Waals surface area contributed by atoms with Crippen molar-refractivity contribution in [3.63, 3.8) is 0 Å². The van der Waals surface area contributed by atoms with Crippen LogP contribution in [0.1, 0.15) is 38.5 Å². The molecule has 0 aromatic rings. The lowest BCUT2D eigenvalue weighted by molar-refractivity contribution is 0.0154. The maximum Gasteiger partial charge on any atom is 0.0699 e. The Morgan fingerprint density at radius 1 is 1.21 bits per heavy atom. The minimum absolute atomic E-state index is 0.430. The molecule has 2 aliphatic rings. The summed E-state index contributed by atoms with van der Waals surface area (Å²) in [6.07, 6.45) is 7.83. The van der Waals surface area contributed by atoms with Gasteiger partial charge in [0.15, 0.2) is 0 Å². The van der Waals surface area contributed by atoms with E-state index < -0.39 is 0 Å². The summed E-state index contributed by atoms with van der Waals surface area (Å²) in [5.41, 5.74) is 5.86. The van der Waals surface area contributed by atoms with Gasteiger partial charge in [-0.2, -0.15) is 0 Å². The van der Waals surface area contributed by atoms with Crippen LogP contribution in [-0.4, -0.2) is 31.3 Å². The van der Waals surface area contributed by atoms with Gasteiger partial charge < -0.3 is 15.8 Å². The topological polar surface area (TPSA) is 47.3 Å². The number of hydrogen-bond donors (Lipinski definition) is 2. The molecule has 0 bridgehead atoms. The highest BCUT2D eigenvalue weighted by molar-refractivity contribution is 4.83. The predicted octanol–water partition coefficient (Wildman–Crippen LogP) is 1.02. The maximum atomic E-state index is 5.86. The molecule has 0 aromatic carbocycles. The van der Waals surface area contributed by atoms with Crippen LogP contribution in [0.5, 0.6) is 0 Å². The van der Waals surface area contributed by atoms with Gasteiger partial charge in [0.05, 0.1) is 6.10 Å². The molecule has 3 heteroatoms. The number of nitrogens with two attached hydrogens (primary N) is 1. The van der Waals surface area contributed by atoms with Gasteiger partial charge in [-0.1, -0.05) is 0 Å². The van der Waals surface area contributed by atoms with Crippen LogP contribution >= 0.6 is 0 Å². The minimum Gasteiger partial charge on any atom is -0.377 e. The van der Waals surface area contributed by atoms with Crippen LogP contribution in [0.4, 0.5) is 0 Å². The fraction of sp³-hybridized carbons (Fsp3) is 1.00. The monoisotopic (exact) mass is 198 g/mol. The predicted molar refractivity (Wildman–Crippen MR) is 57.2 cm³/mol. The van der Waals surface area contributed by atoms with Crippen molar-refractivity contribution >= 4 is 0 Å². The summed E-state index contributed by atoms with van der Waals surface area (Å²) >= 11 is 0. The van der Waals surface area contributed by atoms with Crippen LogP contribution in [0.25, 0.3) is 0 Å². The van der Waals surface area contributed by atoms with Crippen molar-refractivity contribution in [2.45, 2.75) is 56.7 Å². The molecule has 3 N–H and O–H groups in total. The first-order valence-electron chi connectivity index (χ1n) is 5.95. The molecule has 1 saturated heterocycles. The summed E-state index contributed by atoms with van der Waals surface area (Å²) < 4.78 is 5.67. The van der Waals surface area contributed by atoms with Gasteiger partial charge >= 0.3 is 0 Å². The Kier molecular flexibility index (Phi) is 3.79. The minimum atomic E-state index is 0.430. The Morgan fingerprint density at radius 3 is 2.79 bits per heavy atom. The summed E-state index contributed by atoms with van der Waals surface area (Å²) in [6, 6.07) is 1.08.